The number of anilines is 1. The average Bonchev–Trinajstić information content (AvgIpc) is 3.46. The number of imide groups is 1. The van der Waals surface area contributed by atoms with Gasteiger partial charge in [0.2, 0.25) is 0 Å². The number of halogens is 3. The lowest BCUT2D eigenvalue weighted by molar-refractivity contribution is -0.118. The van der Waals surface area contributed by atoms with Gasteiger partial charge in [0.1, 0.15) is 17.2 Å². The predicted molar refractivity (Wildman–Crippen MR) is 151 cm³/mol. The van der Waals surface area contributed by atoms with E-state index in [-0.39, 0.29) is 37.0 Å². The second-order valence-electron chi connectivity index (χ2n) is 8.73. The van der Waals surface area contributed by atoms with E-state index in [0.717, 1.165) is 17.3 Å². The summed E-state index contributed by atoms with van der Waals surface area (Å²) >= 11 is 10.2. The molecule has 0 radical (unpaired) electrons. The first kappa shape index (κ1) is 26.9. The van der Waals surface area contributed by atoms with Crippen LogP contribution in [0.4, 0.5) is 5.69 Å². The molecule has 0 spiro atoms. The second-order valence-corrected chi connectivity index (χ2v) is 11.4. The van der Waals surface area contributed by atoms with E-state index in [1.165, 1.54) is 4.90 Å². The van der Waals surface area contributed by atoms with Crippen molar-refractivity contribution in [2.45, 2.75) is 18.9 Å². The van der Waals surface area contributed by atoms with Gasteiger partial charge in [-0.05, 0) is 87.2 Å². The van der Waals surface area contributed by atoms with Crippen LogP contribution in [0.1, 0.15) is 33.6 Å². The minimum atomic E-state index is -0.351. The fraction of sp³-hybridized carbons (Fsp3) is 0.222. The van der Waals surface area contributed by atoms with Gasteiger partial charge in [0, 0.05) is 22.8 Å². The summed E-state index contributed by atoms with van der Waals surface area (Å²) in [5.41, 5.74) is 1.17. The number of amides is 3. The molecule has 0 saturated carbocycles. The van der Waals surface area contributed by atoms with Crippen molar-refractivity contribution >= 4 is 71.2 Å². The van der Waals surface area contributed by atoms with Crippen LogP contribution in [0.25, 0.3) is 0 Å². The third-order valence-corrected chi connectivity index (χ3v) is 7.65. The molecular weight excluding hydrogens is 688 g/mol. The molecule has 0 aliphatic carbocycles. The molecule has 3 aromatic rings. The number of hydrogen-bond donors (Lipinski definition) is 1. The fourth-order valence-electron chi connectivity index (χ4n) is 4.27. The Morgan fingerprint density at radius 2 is 1.71 bits per heavy atom. The van der Waals surface area contributed by atoms with Crippen LogP contribution in [0.3, 0.4) is 0 Å². The quantitative estimate of drug-likeness (QED) is 0.267. The molecule has 11 heteroatoms. The van der Waals surface area contributed by atoms with Crippen molar-refractivity contribution in [3.05, 3.63) is 79.1 Å². The van der Waals surface area contributed by atoms with E-state index < -0.39 is 0 Å². The number of carbonyl (C=O) groups is 3. The summed E-state index contributed by atoms with van der Waals surface area (Å²) in [7, 11) is 0. The van der Waals surface area contributed by atoms with Crippen LogP contribution in [0.2, 0.25) is 0 Å². The zero-order valence-corrected chi connectivity index (χ0v) is 24.6. The number of rotatable bonds is 8. The molecule has 3 amide bonds. The zero-order valence-electron chi connectivity index (χ0n) is 19.8. The molecule has 2 aliphatic heterocycles. The summed E-state index contributed by atoms with van der Waals surface area (Å²) < 4.78 is 19.5. The van der Waals surface area contributed by atoms with E-state index in [1.807, 2.05) is 12.1 Å². The SMILES string of the molecule is O=C(COc1c(Br)cc(Br)cc1Br)Nc1cccc(Oc2ccc3c(c2)C(=O)N(CC2CCCO2)C3=O)c1. The van der Waals surface area contributed by atoms with Gasteiger partial charge in [0.25, 0.3) is 17.7 Å². The summed E-state index contributed by atoms with van der Waals surface area (Å²) in [5, 5.41) is 2.78. The number of fused-ring (bicyclic) bond motifs is 1. The molecule has 0 bridgehead atoms. The highest BCUT2D eigenvalue weighted by Gasteiger charge is 2.37. The van der Waals surface area contributed by atoms with Crippen molar-refractivity contribution in [1.29, 1.82) is 0 Å². The largest absolute Gasteiger partial charge is 0.481 e. The van der Waals surface area contributed by atoms with Gasteiger partial charge in [0.15, 0.2) is 6.61 Å². The monoisotopic (exact) mass is 706 g/mol. The summed E-state index contributed by atoms with van der Waals surface area (Å²) in [4.78, 5) is 39.4. The van der Waals surface area contributed by atoms with E-state index in [2.05, 4.69) is 53.1 Å². The van der Waals surface area contributed by atoms with Crippen molar-refractivity contribution in [2.24, 2.45) is 0 Å². The molecule has 5 rings (SSSR count). The van der Waals surface area contributed by atoms with Crippen LogP contribution in [-0.4, -0.2) is 48.5 Å². The van der Waals surface area contributed by atoms with Gasteiger partial charge in [-0.2, -0.15) is 0 Å². The number of benzene rings is 3. The summed E-state index contributed by atoms with van der Waals surface area (Å²) in [5.74, 6) is 0.351. The van der Waals surface area contributed by atoms with Crippen molar-refractivity contribution in [2.75, 3.05) is 25.1 Å². The van der Waals surface area contributed by atoms with Crippen LogP contribution in [0.15, 0.2) is 68.0 Å². The Morgan fingerprint density at radius 1 is 0.974 bits per heavy atom. The van der Waals surface area contributed by atoms with Gasteiger partial charge in [-0.25, -0.2) is 0 Å². The van der Waals surface area contributed by atoms with E-state index in [0.29, 0.717) is 49.6 Å². The number of ether oxygens (including phenoxy) is 3. The van der Waals surface area contributed by atoms with Crippen molar-refractivity contribution in [3.63, 3.8) is 0 Å². The van der Waals surface area contributed by atoms with Crippen molar-refractivity contribution in [3.8, 4) is 17.2 Å². The van der Waals surface area contributed by atoms with E-state index >= 15 is 0 Å². The summed E-state index contributed by atoms with van der Waals surface area (Å²) in [6, 6.07) is 15.3. The molecule has 2 aliphatic rings. The van der Waals surface area contributed by atoms with E-state index in [1.54, 1.807) is 42.5 Å². The van der Waals surface area contributed by atoms with Gasteiger partial charge < -0.3 is 19.5 Å². The Bertz CT molecular complexity index is 1400. The van der Waals surface area contributed by atoms with Gasteiger partial charge in [-0.15, -0.1) is 0 Å². The Hall–Kier alpha value is -2.73. The number of carbonyl (C=O) groups excluding carboxylic acids is 3. The lowest BCUT2D eigenvalue weighted by Gasteiger charge is -2.17. The average molecular weight is 709 g/mol. The number of hydrogen-bond acceptors (Lipinski definition) is 6. The molecule has 1 fully saturated rings. The van der Waals surface area contributed by atoms with Gasteiger partial charge in [-0.3, -0.25) is 19.3 Å². The van der Waals surface area contributed by atoms with Crippen LogP contribution in [-0.2, 0) is 9.53 Å². The molecule has 1 unspecified atom stereocenters. The third kappa shape index (κ3) is 5.96. The lowest BCUT2D eigenvalue weighted by atomic mass is 10.1. The molecule has 8 nitrogen and oxygen atoms in total. The number of nitrogens with one attached hydrogen (secondary N) is 1. The highest BCUT2D eigenvalue weighted by molar-refractivity contribution is 9.11. The van der Waals surface area contributed by atoms with Crippen LogP contribution < -0.4 is 14.8 Å². The maximum atomic E-state index is 12.9. The first-order chi connectivity index (χ1) is 18.3. The topological polar surface area (TPSA) is 94.2 Å². The molecule has 3 aromatic carbocycles. The molecular formula is C27H21Br3N2O6. The minimum Gasteiger partial charge on any atom is -0.481 e. The molecule has 38 heavy (non-hydrogen) atoms. The highest BCUT2D eigenvalue weighted by Crippen LogP contribution is 2.36. The smallest absolute Gasteiger partial charge is 0.262 e. The molecule has 2 heterocycles. The predicted octanol–water partition coefficient (Wildman–Crippen LogP) is 6.56. The molecule has 0 aromatic heterocycles. The van der Waals surface area contributed by atoms with Crippen LogP contribution in [0, 0.1) is 0 Å². The molecule has 1 atom stereocenters. The first-order valence-electron chi connectivity index (χ1n) is 11.8. The van der Waals surface area contributed by atoms with Gasteiger partial charge >= 0.3 is 0 Å². The second kappa shape index (κ2) is 11.6. The Kier molecular flexibility index (Phi) is 8.18. The first-order valence-corrected chi connectivity index (χ1v) is 14.1. The molecule has 1 saturated heterocycles. The van der Waals surface area contributed by atoms with E-state index in [4.69, 9.17) is 14.2 Å². The number of nitrogens with zero attached hydrogens (tertiary/aromatic N) is 1. The fourth-order valence-corrected chi connectivity index (χ4v) is 6.75. The zero-order chi connectivity index (χ0) is 26.8. The normalized spacial score (nSPS) is 16.5. The third-order valence-electron chi connectivity index (χ3n) is 6.02. The van der Waals surface area contributed by atoms with Crippen molar-refractivity contribution in [1.82, 2.24) is 4.90 Å². The molecule has 1 N–H and O–H groups in total. The van der Waals surface area contributed by atoms with E-state index in [9.17, 15) is 14.4 Å². The van der Waals surface area contributed by atoms with Crippen molar-refractivity contribution < 1.29 is 28.6 Å². The highest BCUT2D eigenvalue weighted by atomic mass is 79.9. The van der Waals surface area contributed by atoms with Crippen LogP contribution >= 0.6 is 47.8 Å². The summed E-state index contributed by atoms with van der Waals surface area (Å²) in [6.45, 7) is 0.704. The summed E-state index contributed by atoms with van der Waals surface area (Å²) in [6.07, 6.45) is 1.65. The maximum absolute atomic E-state index is 12.9. The molecule has 196 valence electrons. The lowest BCUT2D eigenvalue weighted by Crippen LogP contribution is -2.36. The Labute approximate surface area is 244 Å². The van der Waals surface area contributed by atoms with Crippen LogP contribution in [0.5, 0.6) is 17.2 Å². The minimum absolute atomic E-state index is 0.116. The standard InChI is InChI=1S/C27H21Br3N2O6/c28-15-9-22(29)25(23(30)10-15)37-14-24(33)31-16-3-1-4-17(11-16)38-18-6-7-20-21(12-18)27(35)32(26(20)34)13-19-5-2-8-36-19/h1,3-4,6-7,9-12,19H,2,5,8,13-14H2,(H,31,33). The maximum Gasteiger partial charge on any atom is 0.262 e. The van der Waals surface area contributed by atoms with Gasteiger partial charge in [-0.1, -0.05) is 22.0 Å². The Morgan fingerprint density at radius 3 is 2.45 bits per heavy atom. The van der Waals surface area contributed by atoms with Gasteiger partial charge in [0.05, 0.1) is 32.7 Å². The Balaban J connectivity index is 1.22.